The quantitative estimate of drug-likeness (QED) is 0.633. The van der Waals surface area contributed by atoms with E-state index in [2.05, 4.69) is 0 Å². The highest BCUT2D eigenvalue weighted by Crippen LogP contribution is 2.25. The van der Waals surface area contributed by atoms with Gasteiger partial charge in [0.15, 0.2) is 0 Å². The van der Waals surface area contributed by atoms with Crippen LogP contribution in [0.4, 0.5) is 5.69 Å². The minimum Gasteiger partial charge on any atom is -0.496 e. The minimum absolute atomic E-state index is 0.0999. The summed E-state index contributed by atoms with van der Waals surface area (Å²) in [7, 11) is -0.359. The van der Waals surface area contributed by atoms with Crippen LogP contribution in [0, 0.1) is 10.1 Å². The third-order valence-electron chi connectivity index (χ3n) is 2.78. The fourth-order valence-electron chi connectivity index (χ4n) is 1.38. The van der Waals surface area contributed by atoms with Crippen molar-refractivity contribution in [2.24, 2.45) is 0 Å². The number of hydrogen-bond acceptors (Lipinski definition) is 5. The average Bonchev–Trinajstić information content (AvgIpc) is 2.37. The van der Waals surface area contributed by atoms with Gasteiger partial charge in [-0.25, -0.2) is 0 Å². The normalized spacial score (nSPS) is 12.8. The van der Waals surface area contributed by atoms with Crippen LogP contribution in [0.1, 0.15) is 19.4 Å². The summed E-state index contributed by atoms with van der Waals surface area (Å²) < 4.78 is 15.6. The van der Waals surface area contributed by atoms with Crippen LogP contribution in [0.5, 0.6) is 5.75 Å². The van der Waals surface area contributed by atoms with Gasteiger partial charge in [-0.3, -0.25) is 19.1 Å². The second-order valence-corrected chi connectivity index (χ2v) is 6.60. The summed E-state index contributed by atoms with van der Waals surface area (Å²) >= 11 is 0. The molecule has 0 aromatic heterocycles. The molecule has 1 N–H and O–H groups in total. The van der Waals surface area contributed by atoms with E-state index in [-0.39, 0.29) is 17.2 Å². The van der Waals surface area contributed by atoms with Crippen molar-refractivity contribution >= 4 is 22.5 Å². The van der Waals surface area contributed by atoms with E-state index < -0.39 is 26.4 Å². The fraction of sp³-hybridized carbons (Fsp3) is 0.417. The van der Waals surface area contributed by atoms with Crippen LogP contribution in [-0.4, -0.2) is 32.1 Å². The van der Waals surface area contributed by atoms with E-state index in [0.29, 0.717) is 5.56 Å². The van der Waals surface area contributed by atoms with Crippen molar-refractivity contribution in [3.05, 3.63) is 33.9 Å². The number of non-ortho nitro benzene ring substituents is 1. The molecule has 0 saturated carbocycles. The van der Waals surface area contributed by atoms with E-state index in [1.165, 1.54) is 39.2 Å². The van der Waals surface area contributed by atoms with Gasteiger partial charge in [0.2, 0.25) is 0 Å². The molecule has 1 aromatic rings. The van der Waals surface area contributed by atoms with E-state index in [4.69, 9.17) is 9.84 Å². The number of nitro benzene ring substituents is 1. The summed E-state index contributed by atoms with van der Waals surface area (Å²) in [5.41, 5.74) is 0.202. The Labute approximate surface area is 118 Å². The van der Waals surface area contributed by atoms with Gasteiger partial charge >= 0.3 is 5.97 Å². The molecule has 0 spiro atoms. The predicted octanol–water partition coefficient (Wildman–Crippen LogP) is 1.72. The Hall–Kier alpha value is -1.96. The van der Waals surface area contributed by atoms with Gasteiger partial charge in [0, 0.05) is 16.9 Å². The van der Waals surface area contributed by atoms with Crippen LogP contribution >= 0.6 is 0 Å². The van der Waals surface area contributed by atoms with Crippen molar-refractivity contribution in [3.8, 4) is 5.75 Å². The topological polar surface area (TPSA) is 107 Å². The number of methoxy groups -OCH3 is 1. The molecule has 0 amide bonds. The van der Waals surface area contributed by atoms with Crippen molar-refractivity contribution in [1.82, 2.24) is 0 Å². The second-order valence-electron chi connectivity index (χ2n) is 4.60. The zero-order valence-corrected chi connectivity index (χ0v) is 12.1. The Morgan fingerprint density at radius 1 is 1.45 bits per heavy atom. The van der Waals surface area contributed by atoms with Gasteiger partial charge in [-0.15, -0.1) is 0 Å². The predicted molar refractivity (Wildman–Crippen MR) is 73.2 cm³/mol. The van der Waals surface area contributed by atoms with Gasteiger partial charge in [-0.1, -0.05) is 0 Å². The molecule has 0 aliphatic carbocycles. The van der Waals surface area contributed by atoms with E-state index in [0.717, 1.165) is 0 Å². The van der Waals surface area contributed by atoms with Gasteiger partial charge in [-0.05, 0) is 25.5 Å². The van der Waals surface area contributed by atoms with Gasteiger partial charge < -0.3 is 9.84 Å². The number of carboxylic acid groups (broad SMARTS) is 1. The molecule has 0 bridgehead atoms. The van der Waals surface area contributed by atoms with Crippen LogP contribution in [-0.2, 0) is 21.3 Å². The van der Waals surface area contributed by atoms with Crippen molar-refractivity contribution in [1.29, 1.82) is 0 Å². The number of aliphatic carboxylic acids is 1. The molecule has 7 nitrogen and oxygen atoms in total. The molecule has 1 atom stereocenters. The highest BCUT2D eigenvalue weighted by atomic mass is 32.2. The van der Waals surface area contributed by atoms with Gasteiger partial charge in [0.25, 0.3) is 5.69 Å². The summed E-state index contributed by atoms with van der Waals surface area (Å²) in [4.78, 5) is 21.2. The molecule has 0 aliphatic rings. The number of hydrogen-bond donors (Lipinski definition) is 1. The van der Waals surface area contributed by atoms with E-state index in [1.54, 1.807) is 0 Å². The molecule has 1 unspecified atom stereocenters. The molecule has 20 heavy (non-hydrogen) atoms. The Balaban J connectivity index is 3.09. The monoisotopic (exact) mass is 301 g/mol. The van der Waals surface area contributed by atoms with E-state index >= 15 is 0 Å². The van der Waals surface area contributed by atoms with Crippen LogP contribution in [0.2, 0.25) is 0 Å². The first kappa shape index (κ1) is 16.1. The standard InChI is InChI=1S/C12H15NO6S/c1-12(2,11(14)15)20(18)7-8-4-9(13(16)17)6-10(5-8)19-3/h4-6H,7H2,1-3H3,(H,14,15). The molecule has 0 saturated heterocycles. The fourth-order valence-corrected chi connectivity index (χ4v) is 2.40. The smallest absolute Gasteiger partial charge is 0.321 e. The first-order chi connectivity index (χ1) is 9.18. The molecule has 0 radical (unpaired) electrons. The molecule has 1 aromatic carbocycles. The molecular formula is C12H15NO6S. The first-order valence-electron chi connectivity index (χ1n) is 5.62. The van der Waals surface area contributed by atoms with E-state index in [1.807, 2.05) is 0 Å². The summed E-state index contributed by atoms with van der Waals surface area (Å²) in [6.45, 7) is 2.69. The van der Waals surface area contributed by atoms with Crippen LogP contribution < -0.4 is 4.74 Å². The first-order valence-corrected chi connectivity index (χ1v) is 6.94. The minimum atomic E-state index is -1.72. The van der Waals surface area contributed by atoms with Crippen molar-refractivity contribution in [2.75, 3.05) is 7.11 Å². The largest absolute Gasteiger partial charge is 0.496 e. The Morgan fingerprint density at radius 3 is 2.50 bits per heavy atom. The maximum absolute atomic E-state index is 12.1. The number of carbonyl (C=O) groups is 1. The molecule has 110 valence electrons. The number of ether oxygens (including phenoxy) is 1. The van der Waals surface area contributed by atoms with Gasteiger partial charge in [-0.2, -0.15) is 0 Å². The molecule has 1 rings (SSSR count). The maximum atomic E-state index is 12.1. The van der Waals surface area contributed by atoms with Crippen molar-refractivity contribution < 1.29 is 23.8 Å². The van der Waals surface area contributed by atoms with Crippen LogP contribution in [0.3, 0.4) is 0 Å². The summed E-state index contributed by atoms with van der Waals surface area (Å²) in [6, 6.07) is 4.01. The molecule has 0 heterocycles. The summed E-state index contributed by atoms with van der Waals surface area (Å²) in [5, 5.41) is 19.8. The highest BCUT2D eigenvalue weighted by molar-refractivity contribution is 7.86. The van der Waals surface area contributed by atoms with Crippen LogP contribution in [0.25, 0.3) is 0 Å². The lowest BCUT2D eigenvalue weighted by Gasteiger charge is -2.18. The number of rotatable bonds is 6. The summed E-state index contributed by atoms with van der Waals surface area (Å²) in [5.74, 6) is -1.02. The highest BCUT2D eigenvalue weighted by Gasteiger charge is 2.34. The SMILES string of the molecule is COc1cc(CS(=O)C(C)(C)C(=O)O)cc([N+](=O)[O-])c1. The van der Waals surface area contributed by atoms with E-state index in [9.17, 15) is 19.1 Å². The number of nitrogens with zero attached hydrogens (tertiary/aromatic N) is 1. The molecule has 0 fully saturated rings. The second kappa shape index (κ2) is 6.00. The number of benzene rings is 1. The zero-order valence-electron chi connectivity index (χ0n) is 11.3. The van der Waals surface area contributed by atoms with Crippen LogP contribution in [0.15, 0.2) is 18.2 Å². The lowest BCUT2D eigenvalue weighted by Crippen LogP contribution is -2.37. The maximum Gasteiger partial charge on any atom is 0.321 e. The summed E-state index contributed by atoms with van der Waals surface area (Å²) in [6.07, 6.45) is 0. The zero-order chi connectivity index (χ0) is 15.5. The Kier molecular flexibility index (Phi) is 4.83. The number of nitro groups is 1. The third-order valence-corrected chi connectivity index (χ3v) is 4.69. The third kappa shape index (κ3) is 3.53. The Morgan fingerprint density at radius 2 is 2.05 bits per heavy atom. The van der Waals surface area contributed by atoms with Crippen molar-refractivity contribution in [3.63, 3.8) is 0 Å². The lowest BCUT2D eigenvalue weighted by atomic mass is 10.2. The van der Waals surface area contributed by atoms with Gasteiger partial charge in [0.1, 0.15) is 10.5 Å². The van der Waals surface area contributed by atoms with Gasteiger partial charge in [0.05, 0.1) is 23.9 Å². The Bertz CT molecular complexity index is 569. The average molecular weight is 301 g/mol. The van der Waals surface area contributed by atoms with Crippen molar-refractivity contribution in [2.45, 2.75) is 24.3 Å². The molecule has 8 heteroatoms. The molecule has 0 aliphatic heterocycles. The number of carboxylic acids is 1. The lowest BCUT2D eigenvalue weighted by molar-refractivity contribution is -0.385. The molecular weight excluding hydrogens is 286 g/mol.